The molecule has 3 rings (SSSR count). The van der Waals surface area contributed by atoms with E-state index in [2.05, 4.69) is 0 Å². The van der Waals surface area contributed by atoms with Crippen molar-refractivity contribution in [2.24, 2.45) is 5.92 Å². The molecule has 9 heteroatoms. The number of carboxylic acids is 1. The Kier molecular flexibility index (Phi) is 7.05. The fourth-order valence-electron chi connectivity index (χ4n) is 2.74. The third-order valence-electron chi connectivity index (χ3n) is 4.42. The second-order valence-corrected chi connectivity index (χ2v) is 9.04. The number of furan rings is 1. The number of halogens is 2. The Morgan fingerprint density at radius 1 is 1.31 bits per heavy atom. The van der Waals surface area contributed by atoms with Crippen molar-refractivity contribution in [2.45, 2.75) is 19.8 Å². The van der Waals surface area contributed by atoms with E-state index in [0.29, 0.717) is 50.2 Å². The van der Waals surface area contributed by atoms with Crippen molar-refractivity contribution in [2.75, 3.05) is 6.54 Å². The molecule has 1 aliphatic heterocycles. The molecular weight excluding hydrogens is 453 g/mol. The van der Waals surface area contributed by atoms with Gasteiger partial charge in [0.25, 0.3) is 5.91 Å². The van der Waals surface area contributed by atoms with Crippen LogP contribution in [-0.4, -0.2) is 32.7 Å². The Morgan fingerprint density at radius 2 is 2.07 bits per heavy atom. The molecule has 1 unspecified atom stereocenters. The average molecular weight is 470 g/mol. The summed E-state index contributed by atoms with van der Waals surface area (Å²) in [7, 11) is 0. The lowest BCUT2D eigenvalue weighted by atomic mass is 10.1. The summed E-state index contributed by atoms with van der Waals surface area (Å²) in [6, 6.07) is 8.76. The number of thioether (sulfide) groups is 1. The fourth-order valence-corrected chi connectivity index (χ4v) is 4.32. The SMILES string of the molecule is CC(CCCN1C(=O)/C(=C\c2ccc(-c3ccc(Cl)c(Cl)c3)o2)SC1=S)C(=O)O. The lowest BCUT2D eigenvalue weighted by Gasteiger charge is -2.15. The van der Waals surface area contributed by atoms with Gasteiger partial charge in [-0.3, -0.25) is 14.5 Å². The zero-order valence-electron chi connectivity index (χ0n) is 15.4. The second kappa shape index (κ2) is 9.34. The van der Waals surface area contributed by atoms with Crippen LogP contribution in [0.15, 0.2) is 39.7 Å². The number of carbonyl (C=O) groups is 2. The van der Waals surface area contributed by atoms with Gasteiger partial charge in [-0.25, -0.2) is 0 Å². The van der Waals surface area contributed by atoms with Gasteiger partial charge in [0.2, 0.25) is 0 Å². The molecule has 1 aromatic heterocycles. The first kappa shape index (κ1) is 21.9. The Hall–Kier alpha value is -1.80. The molecule has 152 valence electrons. The molecule has 2 heterocycles. The molecule has 29 heavy (non-hydrogen) atoms. The van der Waals surface area contributed by atoms with Gasteiger partial charge in [-0.05, 0) is 43.2 Å². The molecule has 1 aromatic carbocycles. The van der Waals surface area contributed by atoms with Crippen LogP contribution in [0.2, 0.25) is 10.0 Å². The topological polar surface area (TPSA) is 70.8 Å². The first-order chi connectivity index (χ1) is 13.8. The molecule has 5 nitrogen and oxygen atoms in total. The number of aliphatic carboxylic acids is 1. The fraction of sp³-hybridized carbons (Fsp3) is 0.250. The van der Waals surface area contributed by atoms with Crippen LogP contribution in [-0.2, 0) is 9.59 Å². The second-order valence-electron chi connectivity index (χ2n) is 6.55. The normalized spacial score (nSPS) is 16.7. The van der Waals surface area contributed by atoms with Crippen LogP contribution >= 0.6 is 47.2 Å². The number of amides is 1. The number of benzene rings is 1. The number of hydrogen-bond donors (Lipinski definition) is 1. The van der Waals surface area contributed by atoms with Gasteiger partial charge in [-0.15, -0.1) is 0 Å². The Bertz CT molecular complexity index is 1000. The Balaban J connectivity index is 1.69. The molecule has 1 amide bonds. The Morgan fingerprint density at radius 3 is 2.76 bits per heavy atom. The molecule has 1 N–H and O–H groups in total. The van der Waals surface area contributed by atoms with E-state index in [4.69, 9.17) is 44.9 Å². The zero-order chi connectivity index (χ0) is 21.1. The average Bonchev–Trinajstić information content (AvgIpc) is 3.24. The van der Waals surface area contributed by atoms with Crippen LogP contribution in [0.3, 0.4) is 0 Å². The highest BCUT2D eigenvalue weighted by Crippen LogP contribution is 2.34. The third kappa shape index (κ3) is 5.22. The number of hydrogen-bond acceptors (Lipinski definition) is 5. The number of nitrogens with zero attached hydrogens (tertiary/aromatic N) is 1. The summed E-state index contributed by atoms with van der Waals surface area (Å²) < 4.78 is 6.27. The first-order valence-corrected chi connectivity index (χ1v) is 10.8. The van der Waals surface area contributed by atoms with Crippen molar-refractivity contribution in [1.29, 1.82) is 0 Å². The lowest BCUT2D eigenvalue weighted by molar-refractivity contribution is -0.141. The lowest BCUT2D eigenvalue weighted by Crippen LogP contribution is -2.29. The zero-order valence-corrected chi connectivity index (χ0v) is 18.5. The van der Waals surface area contributed by atoms with Crippen molar-refractivity contribution in [3.8, 4) is 11.3 Å². The van der Waals surface area contributed by atoms with Crippen molar-refractivity contribution in [1.82, 2.24) is 4.90 Å². The van der Waals surface area contributed by atoms with Crippen molar-refractivity contribution >= 4 is 69.5 Å². The largest absolute Gasteiger partial charge is 0.481 e. The Labute approximate surface area is 187 Å². The molecule has 0 aliphatic carbocycles. The molecule has 1 aliphatic rings. The van der Waals surface area contributed by atoms with Gasteiger partial charge >= 0.3 is 5.97 Å². The van der Waals surface area contributed by atoms with Crippen LogP contribution in [0.5, 0.6) is 0 Å². The smallest absolute Gasteiger partial charge is 0.306 e. The molecular formula is C20H17Cl2NO4S2. The minimum Gasteiger partial charge on any atom is -0.481 e. The van der Waals surface area contributed by atoms with Gasteiger partial charge in [0, 0.05) is 18.2 Å². The monoisotopic (exact) mass is 469 g/mol. The first-order valence-electron chi connectivity index (χ1n) is 8.79. The van der Waals surface area contributed by atoms with Gasteiger partial charge in [-0.1, -0.05) is 54.1 Å². The van der Waals surface area contributed by atoms with E-state index in [-0.39, 0.29) is 5.91 Å². The summed E-state index contributed by atoms with van der Waals surface area (Å²) in [5.74, 6) is -0.368. The summed E-state index contributed by atoms with van der Waals surface area (Å²) in [6.07, 6.45) is 2.70. The number of rotatable bonds is 7. The van der Waals surface area contributed by atoms with Crippen LogP contribution in [0.4, 0.5) is 0 Å². The van der Waals surface area contributed by atoms with Gasteiger partial charge in [0.15, 0.2) is 0 Å². The van der Waals surface area contributed by atoms with E-state index in [9.17, 15) is 9.59 Å². The highest BCUT2D eigenvalue weighted by Gasteiger charge is 2.32. The van der Waals surface area contributed by atoms with Crippen LogP contribution < -0.4 is 0 Å². The van der Waals surface area contributed by atoms with E-state index in [0.717, 1.165) is 5.56 Å². The third-order valence-corrected chi connectivity index (χ3v) is 6.54. The predicted octanol–water partition coefficient (Wildman–Crippen LogP) is 5.96. The maximum absolute atomic E-state index is 12.6. The highest BCUT2D eigenvalue weighted by molar-refractivity contribution is 8.26. The van der Waals surface area contributed by atoms with Crippen molar-refractivity contribution < 1.29 is 19.1 Å². The van der Waals surface area contributed by atoms with Gasteiger partial charge < -0.3 is 9.52 Å². The predicted molar refractivity (Wildman–Crippen MR) is 120 cm³/mol. The molecule has 0 radical (unpaired) electrons. The molecule has 1 saturated heterocycles. The van der Waals surface area contributed by atoms with E-state index < -0.39 is 11.9 Å². The highest BCUT2D eigenvalue weighted by atomic mass is 35.5. The maximum Gasteiger partial charge on any atom is 0.306 e. The van der Waals surface area contributed by atoms with E-state index >= 15 is 0 Å². The summed E-state index contributed by atoms with van der Waals surface area (Å²) >= 11 is 18.5. The molecule has 0 saturated carbocycles. The van der Waals surface area contributed by atoms with Crippen LogP contribution in [0.25, 0.3) is 17.4 Å². The standard InChI is InChI=1S/C20H17Cl2NO4S2/c1-11(19(25)26)3-2-8-23-18(24)17(29-20(23)28)10-13-5-7-16(27-13)12-4-6-14(21)15(22)9-12/h4-7,9-11H,2-3,8H2,1H3,(H,25,26)/b17-10+. The van der Waals surface area contributed by atoms with Gasteiger partial charge in [0.05, 0.1) is 20.9 Å². The van der Waals surface area contributed by atoms with Crippen molar-refractivity contribution in [3.63, 3.8) is 0 Å². The summed E-state index contributed by atoms with van der Waals surface area (Å²) in [6.45, 7) is 2.04. The number of carboxylic acid groups (broad SMARTS) is 1. The van der Waals surface area contributed by atoms with E-state index in [1.807, 2.05) is 0 Å². The summed E-state index contributed by atoms with van der Waals surface area (Å²) in [5.41, 5.74) is 0.777. The van der Waals surface area contributed by atoms with Gasteiger partial charge in [0.1, 0.15) is 15.8 Å². The molecule has 0 spiro atoms. The number of carbonyl (C=O) groups excluding carboxylic acids is 1. The molecule has 1 fully saturated rings. The van der Waals surface area contributed by atoms with E-state index in [1.54, 1.807) is 43.3 Å². The maximum atomic E-state index is 12.6. The van der Waals surface area contributed by atoms with Crippen LogP contribution in [0.1, 0.15) is 25.5 Å². The van der Waals surface area contributed by atoms with Crippen LogP contribution in [0, 0.1) is 5.92 Å². The summed E-state index contributed by atoms with van der Waals surface area (Å²) in [4.78, 5) is 25.5. The van der Waals surface area contributed by atoms with Crippen molar-refractivity contribution in [3.05, 3.63) is 51.0 Å². The van der Waals surface area contributed by atoms with E-state index in [1.165, 1.54) is 16.7 Å². The number of thiocarbonyl (C=S) groups is 1. The minimum absolute atomic E-state index is 0.199. The van der Waals surface area contributed by atoms with Gasteiger partial charge in [-0.2, -0.15) is 0 Å². The molecule has 0 bridgehead atoms. The summed E-state index contributed by atoms with van der Waals surface area (Å²) in [5, 5.41) is 9.85. The molecule has 1 atom stereocenters. The minimum atomic E-state index is -0.842. The molecule has 2 aromatic rings. The quantitative estimate of drug-likeness (QED) is 0.398.